The summed E-state index contributed by atoms with van der Waals surface area (Å²) >= 11 is 5.44. The molecule has 0 aliphatic carbocycles. The van der Waals surface area contributed by atoms with Crippen LogP contribution >= 0.6 is 11.6 Å². The lowest BCUT2D eigenvalue weighted by Crippen LogP contribution is -1.97. The Kier molecular flexibility index (Phi) is 1.48. The highest BCUT2D eigenvalue weighted by Gasteiger charge is 1.90. The molecule has 0 fully saturated rings. The molecule has 0 atom stereocenters. The van der Waals surface area contributed by atoms with Gasteiger partial charge in [0.15, 0.2) is 5.15 Å². The minimum Gasteiger partial charge on any atom is -0.184 e. The molecule has 0 aromatic carbocycles. The number of aryl methyl sites for hydroxylation is 1. The fourth-order valence-corrected chi connectivity index (χ4v) is 0.559. The van der Waals surface area contributed by atoms with Crippen LogP contribution in [0.15, 0.2) is 6.20 Å². The first-order valence-corrected chi connectivity index (χ1v) is 2.76. The van der Waals surface area contributed by atoms with E-state index in [4.69, 9.17) is 11.6 Å². The van der Waals surface area contributed by atoms with Crippen molar-refractivity contribution < 1.29 is 0 Å². The molecule has 0 amide bonds. The van der Waals surface area contributed by atoms with Gasteiger partial charge in [0.05, 0.1) is 12.7 Å². The normalized spacial score (nSPS) is 9.75. The zero-order valence-corrected chi connectivity index (χ0v) is 5.26. The molecule has 3 nitrogen and oxygen atoms in total. The maximum atomic E-state index is 5.44. The standard InChI is InChI=1S/C4H6ClN3/c1-2-8-6-3-4(5)7-8/h3H,2H2,1H3. The van der Waals surface area contributed by atoms with Crippen molar-refractivity contribution in [3.05, 3.63) is 11.3 Å². The van der Waals surface area contributed by atoms with Crippen LogP contribution in [0.1, 0.15) is 6.92 Å². The minimum atomic E-state index is 0.451. The second-order valence-corrected chi connectivity index (χ2v) is 1.74. The third-order valence-corrected chi connectivity index (χ3v) is 0.965. The lowest BCUT2D eigenvalue weighted by atomic mass is 10.8. The van der Waals surface area contributed by atoms with Crippen LogP contribution in [0.25, 0.3) is 0 Å². The van der Waals surface area contributed by atoms with E-state index in [0.29, 0.717) is 5.15 Å². The van der Waals surface area contributed by atoms with Gasteiger partial charge < -0.3 is 0 Å². The monoisotopic (exact) mass is 131 g/mol. The van der Waals surface area contributed by atoms with Gasteiger partial charge in [-0.05, 0) is 6.92 Å². The van der Waals surface area contributed by atoms with Crippen LogP contribution in [-0.2, 0) is 6.54 Å². The van der Waals surface area contributed by atoms with E-state index in [1.54, 1.807) is 0 Å². The summed E-state index contributed by atoms with van der Waals surface area (Å²) in [5, 5.41) is 8.06. The second kappa shape index (κ2) is 2.13. The number of nitrogens with zero attached hydrogens (tertiary/aromatic N) is 3. The third kappa shape index (κ3) is 0.980. The fourth-order valence-electron chi connectivity index (χ4n) is 0.429. The van der Waals surface area contributed by atoms with Gasteiger partial charge >= 0.3 is 0 Å². The minimum absolute atomic E-state index is 0.451. The van der Waals surface area contributed by atoms with Crippen molar-refractivity contribution in [1.82, 2.24) is 15.0 Å². The molecule has 8 heavy (non-hydrogen) atoms. The second-order valence-electron chi connectivity index (χ2n) is 1.36. The Hall–Kier alpha value is -0.570. The molecule has 1 rings (SSSR count). The molecule has 1 aromatic rings. The third-order valence-electron chi connectivity index (χ3n) is 0.791. The van der Waals surface area contributed by atoms with Crippen LogP contribution in [0.5, 0.6) is 0 Å². The van der Waals surface area contributed by atoms with E-state index < -0.39 is 0 Å². The summed E-state index contributed by atoms with van der Waals surface area (Å²) < 4.78 is 0. The predicted molar refractivity (Wildman–Crippen MR) is 30.7 cm³/mol. The molecule has 0 radical (unpaired) electrons. The van der Waals surface area contributed by atoms with Gasteiger partial charge in [-0.2, -0.15) is 9.90 Å². The smallest absolute Gasteiger partial charge is 0.171 e. The summed E-state index contributed by atoms with van der Waals surface area (Å²) in [6.07, 6.45) is 1.52. The number of rotatable bonds is 1. The summed E-state index contributed by atoms with van der Waals surface area (Å²) in [6.45, 7) is 2.73. The molecule has 0 aliphatic rings. The van der Waals surface area contributed by atoms with E-state index in [0.717, 1.165) is 6.54 Å². The SMILES string of the molecule is CCn1ncc(Cl)n1. The average molecular weight is 132 g/mol. The molecule has 0 spiro atoms. The molecule has 0 saturated carbocycles. The van der Waals surface area contributed by atoms with Crippen LogP contribution in [-0.4, -0.2) is 15.0 Å². The molecular formula is C4H6ClN3. The lowest BCUT2D eigenvalue weighted by molar-refractivity contribution is 0.570. The Morgan fingerprint density at radius 1 is 1.88 bits per heavy atom. The summed E-state index contributed by atoms with van der Waals surface area (Å²) in [7, 11) is 0. The van der Waals surface area contributed by atoms with Crippen molar-refractivity contribution in [2.24, 2.45) is 0 Å². The van der Waals surface area contributed by atoms with Crippen molar-refractivity contribution in [2.45, 2.75) is 13.5 Å². The Labute approximate surface area is 52.3 Å². The van der Waals surface area contributed by atoms with Crippen LogP contribution in [0.3, 0.4) is 0 Å². The molecule has 1 heterocycles. The largest absolute Gasteiger partial charge is 0.184 e. The highest BCUT2D eigenvalue weighted by atomic mass is 35.5. The van der Waals surface area contributed by atoms with E-state index in [1.165, 1.54) is 11.0 Å². The van der Waals surface area contributed by atoms with Crippen molar-refractivity contribution in [3.63, 3.8) is 0 Å². The van der Waals surface area contributed by atoms with Crippen molar-refractivity contribution in [2.75, 3.05) is 0 Å². The van der Waals surface area contributed by atoms with E-state index in [9.17, 15) is 0 Å². The molecule has 0 aliphatic heterocycles. The van der Waals surface area contributed by atoms with Crippen LogP contribution in [0.4, 0.5) is 0 Å². The Balaban J connectivity index is 2.84. The first-order valence-electron chi connectivity index (χ1n) is 2.38. The molecule has 0 bridgehead atoms. The summed E-state index contributed by atoms with van der Waals surface area (Å²) in [4.78, 5) is 1.53. The molecule has 0 unspecified atom stereocenters. The number of hydrogen-bond donors (Lipinski definition) is 0. The predicted octanol–water partition coefficient (Wildman–Crippen LogP) is 0.951. The van der Waals surface area contributed by atoms with E-state index in [1.807, 2.05) is 6.92 Å². The van der Waals surface area contributed by atoms with Gasteiger partial charge in [-0.3, -0.25) is 0 Å². The molecule has 0 saturated heterocycles. The first-order chi connectivity index (χ1) is 3.83. The van der Waals surface area contributed by atoms with E-state index in [2.05, 4.69) is 10.2 Å². The fraction of sp³-hybridized carbons (Fsp3) is 0.500. The van der Waals surface area contributed by atoms with Crippen molar-refractivity contribution in [3.8, 4) is 0 Å². The maximum Gasteiger partial charge on any atom is 0.171 e. The highest BCUT2D eigenvalue weighted by Crippen LogP contribution is 1.97. The number of aromatic nitrogens is 3. The highest BCUT2D eigenvalue weighted by molar-refractivity contribution is 6.29. The van der Waals surface area contributed by atoms with Gasteiger partial charge in [-0.25, -0.2) is 0 Å². The zero-order chi connectivity index (χ0) is 5.98. The number of hydrogen-bond acceptors (Lipinski definition) is 2. The van der Waals surface area contributed by atoms with Gasteiger partial charge in [-0.1, -0.05) is 11.6 Å². The van der Waals surface area contributed by atoms with Gasteiger partial charge in [-0.15, -0.1) is 5.10 Å². The van der Waals surface area contributed by atoms with Gasteiger partial charge in [0.25, 0.3) is 0 Å². The molecular weight excluding hydrogens is 126 g/mol. The Morgan fingerprint density at radius 2 is 2.62 bits per heavy atom. The van der Waals surface area contributed by atoms with Crippen molar-refractivity contribution >= 4 is 11.6 Å². The van der Waals surface area contributed by atoms with Crippen LogP contribution in [0, 0.1) is 0 Å². The zero-order valence-electron chi connectivity index (χ0n) is 4.50. The molecule has 4 heteroatoms. The van der Waals surface area contributed by atoms with Gasteiger partial charge in [0.2, 0.25) is 0 Å². The molecule has 0 N–H and O–H groups in total. The van der Waals surface area contributed by atoms with Crippen molar-refractivity contribution in [1.29, 1.82) is 0 Å². The summed E-state index contributed by atoms with van der Waals surface area (Å²) in [5.41, 5.74) is 0. The van der Waals surface area contributed by atoms with E-state index in [-0.39, 0.29) is 0 Å². The maximum absolute atomic E-state index is 5.44. The van der Waals surface area contributed by atoms with Crippen LogP contribution < -0.4 is 0 Å². The quantitative estimate of drug-likeness (QED) is 0.568. The molecule has 44 valence electrons. The molecule has 1 aromatic heterocycles. The Morgan fingerprint density at radius 3 is 2.88 bits per heavy atom. The summed E-state index contributed by atoms with van der Waals surface area (Å²) in [5.74, 6) is 0. The summed E-state index contributed by atoms with van der Waals surface area (Å²) in [6, 6.07) is 0. The van der Waals surface area contributed by atoms with Gasteiger partial charge in [0.1, 0.15) is 0 Å². The Bertz CT molecular complexity index is 172. The van der Waals surface area contributed by atoms with Gasteiger partial charge in [0, 0.05) is 0 Å². The topological polar surface area (TPSA) is 30.7 Å². The number of halogens is 1. The van der Waals surface area contributed by atoms with E-state index >= 15 is 0 Å². The van der Waals surface area contributed by atoms with Crippen LogP contribution in [0.2, 0.25) is 5.15 Å². The average Bonchev–Trinajstić information content (AvgIpc) is 2.14. The lowest BCUT2D eigenvalue weighted by Gasteiger charge is -1.85. The first kappa shape index (κ1) is 5.56.